The van der Waals surface area contributed by atoms with Crippen LogP contribution in [0.15, 0.2) is 12.4 Å². The molecule has 1 rings (SSSR count). The van der Waals surface area contributed by atoms with Crippen LogP contribution in [0.3, 0.4) is 0 Å². The number of nitrogens with two attached hydrogens (primary N) is 1. The van der Waals surface area contributed by atoms with E-state index in [1.807, 2.05) is 0 Å². The average molecular weight is 196 g/mol. The molecule has 0 aliphatic rings. The van der Waals surface area contributed by atoms with Gasteiger partial charge in [0.1, 0.15) is 10.7 Å². The molecule has 0 atom stereocenters. The Kier molecular flexibility index (Phi) is 3.57. The van der Waals surface area contributed by atoms with Crippen molar-refractivity contribution < 1.29 is 0 Å². The summed E-state index contributed by atoms with van der Waals surface area (Å²) in [5.74, 6) is 0.664. The molecule has 0 spiro atoms. The molecule has 13 heavy (non-hydrogen) atoms. The van der Waals surface area contributed by atoms with Gasteiger partial charge in [-0.3, -0.25) is 0 Å². The number of aromatic nitrogens is 2. The lowest BCUT2D eigenvalue weighted by atomic mass is 10.4. The van der Waals surface area contributed by atoms with Crippen LogP contribution in [0.1, 0.15) is 19.0 Å². The number of rotatable bonds is 4. The number of hydrogen-bond acceptors (Lipinski definition) is 4. The molecule has 0 aliphatic carbocycles. The third kappa shape index (κ3) is 2.62. The van der Waals surface area contributed by atoms with E-state index in [0.29, 0.717) is 11.5 Å². The minimum absolute atomic E-state index is 0.270. The zero-order valence-corrected chi connectivity index (χ0v) is 8.27. The number of hydrogen-bond donors (Lipinski definition) is 2. The Hall–Kier alpha value is -1.23. The van der Waals surface area contributed by atoms with Gasteiger partial charge in [0.15, 0.2) is 5.82 Å². The summed E-state index contributed by atoms with van der Waals surface area (Å²) < 4.78 is 0. The Morgan fingerprint density at radius 2 is 2.23 bits per heavy atom. The second-order valence-corrected chi connectivity index (χ2v) is 2.98. The van der Waals surface area contributed by atoms with E-state index >= 15 is 0 Å². The van der Waals surface area contributed by atoms with Crippen molar-refractivity contribution in [2.24, 2.45) is 5.73 Å². The highest BCUT2D eigenvalue weighted by Gasteiger charge is 2.05. The Balaban J connectivity index is 2.84. The SMILES string of the molecule is CCCNc1nccnc1C(N)=S. The highest BCUT2D eigenvalue weighted by molar-refractivity contribution is 7.80. The summed E-state index contributed by atoms with van der Waals surface area (Å²) >= 11 is 4.84. The van der Waals surface area contributed by atoms with E-state index in [-0.39, 0.29) is 4.99 Å². The van der Waals surface area contributed by atoms with Crippen molar-refractivity contribution in [3.05, 3.63) is 18.1 Å². The van der Waals surface area contributed by atoms with Crippen LogP contribution in [0, 0.1) is 0 Å². The third-order valence-electron chi connectivity index (χ3n) is 1.47. The number of anilines is 1. The van der Waals surface area contributed by atoms with Gasteiger partial charge in [-0.1, -0.05) is 19.1 Å². The van der Waals surface area contributed by atoms with Gasteiger partial charge < -0.3 is 11.1 Å². The predicted octanol–water partition coefficient (Wildman–Crippen LogP) is 0.933. The van der Waals surface area contributed by atoms with E-state index in [1.165, 1.54) is 0 Å². The molecule has 0 radical (unpaired) electrons. The van der Waals surface area contributed by atoms with Crippen molar-refractivity contribution in [2.45, 2.75) is 13.3 Å². The second-order valence-electron chi connectivity index (χ2n) is 2.54. The Bertz CT molecular complexity index is 300. The van der Waals surface area contributed by atoms with Gasteiger partial charge in [-0.2, -0.15) is 0 Å². The number of nitrogens with zero attached hydrogens (tertiary/aromatic N) is 2. The van der Waals surface area contributed by atoms with E-state index in [4.69, 9.17) is 18.0 Å². The summed E-state index contributed by atoms with van der Waals surface area (Å²) in [6.45, 7) is 2.91. The zero-order valence-electron chi connectivity index (χ0n) is 7.45. The normalized spacial score (nSPS) is 9.62. The Morgan fingerprint density at radius 1 is 1.54 bits per heavy atom. The molecule has 1 heterocycles. The molecule has 0 amide bonds. The van der Waals surface area contributed by atoms with Gasteiger partial charge in [-0.15, -0.1) is 0 Å². The molecule has 0 fully saturated rings. The lowest BCUT2D eigenvalue weighted by molar-refractivity contribution is 0.963. The molecule has 5 heteroatoms. The first-order chi connectivity index (χ1) is 6.25. The van der Waals surface area contributed by atoms with Crippen LogP contribution in [0.5, 0.6) is 0 Å². The summed E-state index contributed by atoms with van der Waals surface area (Å²) in [6, 6.07) is 0. The quantitative estimate of drug-likeness (QED) is 0.701. The van der Waals surface area contributed by atoms with Crippen molar-refractivity contribution in [2.75, 3.05) is 11.9 Å². The molecule has 0 saturated heterocycles. The van der Waals surface area contributed by atoms with Gasteiger partial charge >= 0.3 is 0 Å². The summed E-state index contributed by atoms with van der Waals surface area (Å²) in [5.41, 5.74) is 6.04. The van der Waals surface area contributed by atoms with Gasteiger partial charge in [-0.05, 0) is 6.42 Å². The standard InChI is InChI=1S/C8H12N4S/c1-2-3-11-8-6(7(9)13)10-4-5-12-8/h4-5H,2-3H2,1H3,(H2,9,13)(H,11,12). The molecule has 0 aromatic carbocycles. The highest BCUT2D eigenvalue weighted by atomic mass is 32.1. The first-order valence-corrected chi connectivity index (χ1v) is 4.51. The van der Waals surface area contributed by atoms with Crippen LogP contribution in [0.25, 0.3) is 0 Å². The molecule has 0 aliphatic heterocycles. The van der Waals surface area contributed by atoms with Gasteiger partial charge in [0.2, 0.25) is 0 Å². The van der Waals surface area contributed by atoms with E-state index in [9.17, 15) is 0 Å². The minimum Gasteiger partial charge on any atom is -0.388 e. The molecular formula is C8H12N4S. The van der Waals surface area contributed by atoms with E-state index in [2.05, 4.69) is 22.2 Å². The molecule has 1 aromatic rings. The number of nitrogens with one attached hydrogen (secondary N) is 1. The topological polar surface area (TPSA) is 63.8 Å². The maximum absolute atomic E-state index is 5.48. The zero-order chi connectivity index (χ0) is 9.68. The average Bonchev–Trinajstić information content (AvgIpc) is 2.15. The molecule has 4 nitrogen and oxygen atoms in total. The minimum atomic E-state index is 0.270. The van der Waals surface area contributed by atoms with Gasteiger partial charge in [0.25, 0.3) is 0 Å². The maximum atomic E-state index is 5.48. The lowest BCUT2D eigenvalue weighted by Gasteiger charge is -2.06. The van der Waals surface area contributed by atoms with Crippen molar-refractivity contribution in [3.8, 4) is 0 Å². The largest absolute Gasteiger partial charge is 0.388 e. The van der Waals surface area contributed by atoms with Crippen molar-refractivity contribution in [1.29, 1.82) is 0 Å². The Morgan fingerprint density at radius 3 is 2.85 bits per heavy atom. The predicted molar refractivity (Wildman–Crippen MR) is 56.7 cm³/mol. The molecule has 0 saturated carbocycles. The summed E-state index contributed by atoms with van der Waals surface area (Å²) in [6.07, 6.45) is 4.21. The van der Waals surface area contributed by atoms with Crippen molar-refractivity contribution >= 4 is 23.0 Å². The van der Waals surface area contributed by atoms with Crippen molar-refractivity contribution in [1.82, 2.24) is 9.97 Å². The molecule has 0 bridgehead atoms. The third-order valence-corrected chi connectivity index (χ3v) is 1.67. The Labute approximate surface area is 82.6 Å². The smallest absolute Gasteiger partial charge is 0.155 e. The van der Waals surface area contributed by atoms with Crippen LogP contribution >= 0.6 is 12.2 Å². The van der Waals surface area contributed by atoms with E-state index < -0.39 is 0 Å². The molecule has 3 N–H and O–H groups in total. The van der Waals surface area contributed by atoms with Crippen LogP contribution in [0.4, 0.5) is 5.82 Å². The monoisotopic (exact) mass is 196 g/mol. The highest BCUT2D eigenvalue weighted by Crippen LogP contribution is 2.07. The van der Waals surface area contributed by atoms with E-state index in [1.54, 1.807) is 12.4 Å². The van der Waals surface area contributed by atoms with Crippen LogP contribution < -0.4 is 11.1 Å². The van der Waals surface area contributed by atoms with E-state index in [0.717, 1.165) is 13.0 Å². The second kappa shape index (κ2) is 4.71. The fourth-order valence-electron chi connectivity index (χ4n) is 0.891. The maximum Gasteiger partial charge on any atom is 0.155 e. The molecular weight excluding hydrogens is 184 g/mol. The van der Waals surface area contributed by atoms with Crippen LogP contribution in [0.2, 0.25) is 0 Å². The first-order valence-electron chi connectivity index (χ1n) is 4.10. The molecule has 1 aromatic heterocycles. The van der Waals surface area contributed by atoms with Crippen LogP contribution in [-0.2, 0) is 0 Å². The van der Waals surface area contributed by atoms with Gasteiger partial charge in [0, 0.05) is 18.9 Å². The van der Waals surface area contributed by atoms with Crippen LogP contribution in [-0.4, -0.2) is 21.5 Å². The molecule has 70 valence electrons. The van der Waals surface area contributed by atoms with Crippen molar-refractivity contribution in [3.63, 3.8) is 0 Å². The first kappa shape index (κ1) is 9.85. The fraction of sp³-hybridized carbons (Fsp3) is 0.375. The summed E-state index contributed by atoms with van der Waals surface area (Å²) in [7, 11) is 0. The lowest BCUT2D eigenvalue weighted by Crippen LogP contribution is -2.16. The summed E-state index contributed by atoms with van der Waals surface area (Å²) in [5, 5.41) is 3.10. The fourth-order valence-corrected chi connectivity index (χ4v) is 1.04. The molecule has 0 unspecified atom stereocenters. The van der Waals surface area contributed by atoms with Gasteiger partial charge in [0.05, 0.1) is 0 Å². The summed E-state index contributed by atoms with van der Waals surface area (Å²) in [4.78, 5) is 8.41. The van der Waals surface area contributed by atoms with Gasteiger partial charge in [-0.25, -0.2) is 9.97 Å². The number of thiocarbonyl (C=S) groups is 1.